The van der Waals surface area contributed by atoms with Crippen LogP contribution in [0, 0.1) is 6.92 Å². The smallest absolute Gasteiger partial charge is 0.249 e. The van der Waals surface area contributed by atoms with Crippen molar-refractivity contribution in [3.63, 3.8) is 0 Å². The summed E-state index contributed by atoms with van der Waals surface area (Å²) in [5.74, 6) is -0.175. The number of carbonyl (C=O) groups is 1. The zero-order valence-corrected chi connectivity index (χ0v) is 16.2. The van der Waals surface area contributed by atoms with Gasteiger partial charge in [-0.25, -0.2) is 18.5 Å². The number of aromatic nitrogens is 2. The van der Waals surface area contributed by atoms with E-state index in [1.54, 1.807) is 13.1 Å². The van der Waals surface area contributed by atoms with E-state index >= 15 is 0 Å². The zero-order chi connectivity index (χ0) is 19.4. The summed E-state index contributed by atoms with van der Waals surface area (Å²) in [6.45, 7) is 1.73. The fourth-order valence-electron chi connectivity index (χ4n) is 2.52. The quantitative estimate of drug-likeness (QED) is 0.654. The number of pyridine rings is 1. The molecular weight excluding hydrogens is 384 g/mol. The Kier molecular flexibility index (Phi) is 5.64. The molecule has 3 aromatic rings. The second-order valence-corrected chi connectivity index (χ2v) is 8.73. The third-order valence-electron chi connectivity index (χ3n) is 3.77. The molecule has 0 radical (unpaired) electrons. The van der Waals surface area contributed by atoms with Crippen molar-refractivity contribution in [3.05, 3.63) is 64.9 Å². The van der Waals surface area contributed by atoms with Gasteiger partial charge in [-0.15, -0.1) is 11.3 Å². The topological polar surface area (TPSA) is 115 Å². The van der Waals surface area contributed by atoms with Gasteiger partial charge in [-0.2, -0.15) is 0 Å². The van der Waals surface area contributed by atoms with Crippen molar-refractivity contribution in [2.24, 2.45) is 5.14 Å². The van der Waals surface area contributed by atoms with Crippen LogP contribution >= 0.6 is 11.3 Å². The van der Waals surface area contributed by atoms with E-state index in [1.807, 2.05) is 42.5 Å². The van der Waals surface area contributed by atoms with Gasteiger partial charge in [0.15, 0.2) is 4.21 Å². The lowest BCUT2D eigenvalue weighted by Gasteiger charge is -2.05. The minimum Gasteiger partial charge on any atom is -0.349 e. The molecule has 27 heavy (non-hydrogen) atoms. The minimum atomic E-state index is -3.79. The number of carbonyl (C=O) groups excluding carboxylic acids is 1. The largest absolute Gasteiger partial charge is 0.349 e. The highest BCUT2D eigenvalue weighted by Crippen LogP contribution is 2.22. The standard InChI is InChI=1S/C18H18N4O3S2/c1-12-18(27(19,24)25)26-17(22-12)11-21-16(23)10-13-5-7-14(8-6-13)15-4-2-3-9-20-15/h2-9H,10-11H2,1H3,(H,21,23)(H2,19,24,25). The van der Waals surface area contributed by atoms with E-state index in [-0.39, 0.29) is 23.1 Å². The first-order chi connectivity index (χ1) is 12.8. The monoisotopic (exact) mass is 402 g/mol. The SMILES string of the molecule is Cc1nc(CNC(=O)Cc2ccc(-c3ccccn3)cc2)sc1S(N)(=O)=O. The van der Waals surface area contributed by atoms with Gasteiger partial charge in [0, 0.05) is 11.8 Å². The molecule has 0 spiro atoms. The second kappa shape index (κ2) is 7.95. The van der Waals surface area contributed by atoms with Gasteiger partial charge < -0.3 is 5.32 Å². The molecule has 0 saturated carbocycles. The number of aryl methyl sites for hydroxylation is 1. The fraction of sp³-hybridized carbons (Fsp3) is 0.167. The van der Waals surface area contributed by atoms with E-state index in [9.17, 15) is 13.2 Å². The summed E-state index contributed by atoms with van der Waals surface area (Å²) in [6.07, 6.45) is 1.95. The highest BCUT2D eigenvalue weighted by molar-refractivity contribution is 7.91. The van der Waals surface area contributed by atoms with Gasteiger partial charge in [-0.1, -0.05) is 30.3 Å². The van der Waals surface area contributed by atoms with Crippen molar-refractivity contribution in [1.82, 2.24) is 15.3 Å². The predicted octanol–water partition coefficient (Wildman–Crippen LogP) is 2.02. The van der Waals surface area contributed by atoms with Gasteiger partial charge in [0.2, 0.25) is 15.9 Å². The molecule has 0 aliphatic carbocycles. The number of amides is 1. The number of hydrogen-bond donors (Lipinski definition) is 2. The summed E-state index contributed by atoms with van der Waals surface area (Å²) in [4.78, 5) is 20.6. The summed E-state index contributed by atoms with van der Waals surface area (Å²) in [5, 5.41) is 8.38. The molecule has 1 aromatic carbocycles. The predicted molar refractivity (Wildman–Crippen MR) is 103 cm³/mol. The lowest BCUT2D eigenvalue weighted by molar-refractivity contribution is -0.120. The third kappa shape index (κ3) is 4.97. The van der Waals surface area contributed by atoms with Crippen LogP contribution < -0.4 is 10.5 Å². The summed E-state index contributed by atoms with van der Waals surface area (Å²) in [7, 11) is -3.79. The van der Waals surface area contributed by atoms with Crippen LogP contribution in [0.4, 0.5) is 0 Å². The number of rotatable bonds is 6. The Bertz CT molecular complexity index is 1050. The number of hydrogen-bond acceptors (Lipinski definition) is 6. The maximum absolute atomic E-state index is 12.1. The number of nitrogens with one attached hydrogen (secondary N) is 1. The van der Waals surface area contributed by atoms with Crippen LogP contribution in [0.3, 0.4) is 0 Å². The van der Waals surface area contributed by atoms with E-state index < -0.39 is 10.0 Å². The molecule has 7 nitrogen and oxygen atoms in total. The van der Waals surface area contributed by atoms with Gasteiger partial charge in [-0.3, -0.25) is 9.78 Å². The molecule has 0 saturated heterocycles. The lowest BCUT2D eigenvalue weighted by atomic mass is 10.1. The van der Waals surface area contributed by atoms with Crippen molar-refractivity contribution < 1.29 is 13.2 Å². The number of nitrogens with zero attached hydrogens (tertiary/aromatic N) is 2. The molecule has 0 bridgehead atoms. The molecule has 2 heterocycles. The summed E-state index contributed by atoms with van der Waals surface area (Å²) in [6, 6.07) is 13.3. The molecule has 9 heteroatoms. The average molecular weight is 403 g/mol. The summed E-state index contributed by atoms with van der Waals surface area (Å²) < 4.78 is 22.9. The maximum Gasteiger partial charge on any atom is 0.249 e. The first-order valence-corrected chi connectivity index (χ1v) is 10.5. The molecule has 0 aliphatic rings. The maximum atomic E-state index is 12.1. The van der Waals surface area contributed by atoms with E-state index in [4.69, 9.17) is 5.14 Å². The minimum absolute atomic E-state index is 0.0249. The van der Waals surface area contributed by atoms with Gasteiger partial charge in [0.25, 0.3) is 0 Å². The molecule has 1 amide bonds. The molecule has 3 N–H and O–H groups in total. The number of benzene rings is 1. The van der Waals surface area contributed by atoms with Crippen LogP contribution in [0.5, 0.6) is 0 Å². The number of primary sulfonamides is 1. The molecule has 2 aromatic heterocycles. The van der Waals surface area contributed by atoms with Gasteiger partial charge >= 0.3 is 0 Å². The Morgan fingerprint density at radius 3 is 2.52 bits per heavy atom. The number of sulfonamides is 1. The molecule has 140 valence electrons. The van der Waals surface area contributed by atoms with Crippen molar-refractivity contribution >= 4 is 27.3 Å². The molecule has 0 aliphatic heterocycles. The average Bonchev–Trinajstić information content (AvgIpc) is 3.03. The van der Waals surface area contributed by atoms with E-state index in [2.05, 4.69) is 15.3 Å². The Balaban J connectivity index is 1.58. The molecule has 0 fully saturated rings. The molecular formula is C18H18N4O3S2. The van der Waals surface area contributed by atoms with Crippen LogP contribution in [0.2, 0.25) is 0 Å². The third-order valence-corrected chi connectivity index (χ3v) is 6.48. The number of nitrogens with two attached hydrogens (primary N) is 1. The van der Waals surface area contributed by atoms with Crippen LogP contribution in [0.1, 0.15) is 16.3 Å². The van der Waals surface area contributed by atoms with Gasteiger partial charge in [0.1, 0.15) is 5.01 Å². The Morgan fingerprint density at radius 2 is 1.93 bits per heavy atom. The highest BCUT2D eigenvalue weighted by Gasteiger charge is 2.17. The zero-order valence-electron chi connectivity index (χ0n) is 14.5. The Labute approximate surface area is 161 Å². The van der Waals surface area contributed by atoms with E-state index in [0.29, 0.717) is 10.7 Å². The van der Waals surface area contributed by atoms with Crippen LogP contribution in [-0.2, 0) is 27.8 Å². The summed E-state index contributed by atoms with van der Waals surface area (Å²) in [5.41, 5.74) is 3.07. The van der Waals surface area contributed by atoms with Crippen molar-refractivity contribution in [3.8, 4) is 11.3 Å². The summed E-state index contributed by atoms with van der Waals surface area (Å²) >= 11 is 0.969. The van der Waals surface area contributed by atoms with E-state index in [0.717, 1.165) is 28.2 Å². The van der Waals surface area contributed by atoms with Crippen LogP contribution in [0.25, 0.3) is 11.3 Å². The molecule has 0 atom stereocenters. The van der Waals surface area contributed by atoms with Gasteiger partial charge in [0.05, 0.1) is 24.4 Å². The lowest BCUT2D eigenvalue weighted by Crippen LogP contribution is -2.24. The first-order valence-electron chi connectivity index (χ1n) is 8.09. The Morgan fingerprint density at radius 1 is 1.19 bits per heavy atom. The fourth-order valence-corrected chi connectivity index (χ4v) is 4.47. The normalized spacial score (nSPS) is 11.3. The Hall–Kier alpha value is -2.62. The molecule has 0 unspecified atom stereocenters. The second-order valence-electron chi connectivity index (χ2n) is 5.89. The van der Waals surface area contributed by atoms with Crippen LogP contribution in [-0.4, -0.2) is 24.3 Å². The molecule has 3 rings (SSSR count). The van der Waals surface area contributed by atoms with Gasteiger partial charge in [-0.05, 0) is 24.6 Å². The van der Waals surface area contributed by atoms with Crippen LogP contribution in [0.15, 0.2) is 52.9 Å². The van der Waals surface area contributed by atoms with Crippen molar-refractivity contribution in [2.75, 3.05) is 0 Å². The highest BCUT2D eigenvalue weighted by atomic mass is 32.2. The van der Waals surface area contributed by atoms with Crippen molar-refractivity contribution in [1.29, 1.82) is 0 Å². The van der Waals surface area contributed by atoms with E-state index in [1.165, 1.54) is 0 Å². The number of thiazole rings is 1. The first kappa shape index (κ1) is 19.2. The van der Waals surface area contributed by atoms with Crippen molar-refractivity contribution in [2.45, 2.75) is 24.1 Å².